The van der Waals surface area contributed by atoms with E-state index < -0.39 is 69.2 Å². The number of ether oxygens (including phenoxy) is 2. The number of likely N-dealkylation sites (tertiary alicyclic amines) is 1. The maximum Gasteiger partial charge on any atom is 0.475 e. The molecule has 0 saturated carbocycles. The molecule has 52 heavy (non-hydrogen) atoms. The molecule has 5 atom stereocenters. The Labute approximate surface area is 309 Å². The van der Waals surface area contributed by atoms with E-state index in [0.29, 0.717) is 20.9 Å². The number of nitrogens with zero attached hydrogens (tertiary/aromatic N) is 2. The van der Waals surface area contributed by atoms with Gasteiger partial charge in [-0.1, -0.05) is 55.8 Å². The second-order valence-electron chi connectivity index (χ2n) is 10.8. The number of rotatable bonds is 15. The van der Waals surface area contributed by atoms with Crippen molar-refractivity contribution in [1.82, 2.24) is 19.9 Å². The summed E-state index contributed by atoms with van der Waals surface area (Å²) in [6, 6.07) is 0.640. The molecule has 7 N–H and O–H groups in total. The van der Waals surface area contributed by atoms with E-state index in [-0.39, 0.29) is 53.9 Å². The van der Waals surface area contributed by atoms with Gasteiger partial charge in [0.1, 0.15) is 41.4 Å². The highest BCUT2D eigenvalue weighted by Gasteiger charge is 2.53. The molecule has 3 aromatic rings. The Morgan fingerprint density at radius 2 is 1.77 bits per heavy atom. The Bertz CT molecular complexity index is 1940. The minimum atomic E-state index is -4.42. The van der Waals surface area contributed by atoms with Crippen LogP contribution in [-0.4, -0.2) is 103 Å². The van der Waals surface area contributed by atoms with Crippen molar-refractivity contribution in [2.45, 2.75) is 47.3 Å². The van der Waals surface area contributed by atoms with Gasteiger partial charge in [0.25, 0.3) is 5.56 Å². The number of aromatic nitrogens is 3. The van der Waals surface area contributed by atoms with Crippen LogP contribution in [0.5, 0.6) is 0 Å². The molecule has 2 aliphatic rings. The van der Waals surface area contributed by atoms with Crippen LogP contribution in [0.25, 0.3) is 11.0 Å². The lowest BCUT2D eigenvalue weighted by atomic mass is 10.0. The number of anilines is 1. The summed E-state index contributed by atoms with van der Waals surface area (Å²) in [5.74, 6) is -2.42. The maximum absolute atomic E-state index is 13.8. The summed E-state index contributed by atoms with van der Waals surface area (Å²) >= 11 is 0. The van der Waals surface area contributed by atoms with Crippen molar-refractivity contribution < 1.29 is 61.7 Å². The van der Waals surface area contributed by atoms with Crippen molar-refractivity contribution in [3.05, 3.63) is 58.0 Å². The number of aromatic amines is 2. The number of aliphatic hydroxyl groups is 2. The van der Waals surface area contributed by atoms with Gasteiger partial charge in [-0.3, -0.25) is 37.8 Å². The number of hydrogen-bond donors (Lipinski definition) is 6. The van der Waals surface area contributed by atoms with Gasteiger partial charge in [0.15, 0.2) is 0 Å². The molecule has 1 saturated heterocycles. The molecule has 4 heterocycles. The zero-order valence-corrected chi connectivity index (χ0v) is 30.8. The number of nitrogens with one attached hydrogen (secondary N) is 2. The number of hydrogen-bond acceptors (Lipinski definition) is 18. The average molecular weight is 824 g/mol. The Morgan fingerprint density at radius 3 is 2.38 bits per heavy atom. The number of carboxylic acids is 1. The first-order valence-electron chi connectivity index (χ1n) is 14.9. The van der Waals surface area contributed by atoms with E-state index in [1.54, 1.807) is 12.1 Å². The predicted octanol–water partition coefficient (Wildman–Crippen LogP) is 3.51. The molecule has 5 rings (SSSR count). The molecule has 0 spiro atoms. The summed E-state index contributed by atoms with van der Waals surface area (Å²) in [5.41, 5.74) is 6.32. The van der Waals surface area contributed by atoms with Crippen LogP contribution in [0.4, 0.5) is 15.1 Å². The second kappa shape index (κ2) is 17.7. The number of halogens is 1. The van der Waals surface area contributed by atoms with Crippen molar-refractivity contribution >= 4 is 86.0 Å². The van der Waals surface area contributed by atoms with Gasteiger partial charge in [-0.15, -0.1) is 0 Å². The fourth-order valence-electron chi connectivity index (χ4n) is 5.20. The van der Waals surface area contributed by atoms with Crippen molar-refractivity contribution in [2.24, 2.45) is 0 Å². The summed E-state index contributed by atoms with van der Waals surface area (Å²) in [6.45, 7) is 0.768. The van der Waals surface area contributed by atoms with Crippen molar-refractivity contribution in [3.8, 4) is 0 Å². The minimum absolute atomic E-state index is 0.00394. The first-order chi connectivity index (χ1) is 24.9. The zero-order chi connectivity index (χ0) is 37.6. The number of phosphoric ester groups is 1. The first-order valence-corrected chi connectivity index (χ1v) is 21.0. The Balaban J connectivity index is 1.35. The van der Waals surface area contributed by atoms with E-state index in [0.717, 1.165) is 48.1 Å². The molecule has 2 aromatic heterocycles. The number of alkyl halides is 1. The molecule has 5 unspecified atom stereocenters. The van der Waals surface area contributed by atoms with Gasteiger partial charge in [0, 0.05) is 21.6 Å². The van der Waals surface area contributed by atoms with E-state index in [9.17, 15) is 38.3 Å². The number of amides is 1. The molecule has 0 radical (unpaired) electrons. The third kappa shape index (κ3) is 9.27. The molecular formula is C28H31FN5O13PS4. The lowest BCUT2D eigenvalue weighted by molar-refractivity contribution is -0.144. The SMILES string of the molecule is C=CCOC(=O)N1C(COP2(=O)OCc3cc(SSCC(=O)O)c(SSCC(=O)OCF)cc3CO2)C(O)C(O)C1c1c[nH]c2c(=O)[nH]c(N)nc12. The molecule has 24 heteroatoms. The number of esters is 1. The fourth-order valence-corrected chi connectivity index (χ4v) is 10.8. The normalized spacial score (nSPS) is 22.9. The number of fused-ring (bicyclic) bond motifs is 2. The molecule has 1 fully saturated rings. The third-order valence-electron chi connectivity index (χ3n) is 7.46. The van der Waals surface area contributed by atoms with Gasteiger partial charge < -0.3 is 35.5 Å². The molecule has 18 nitrogen and oxygen atoms in total. The van der Waals surface area contributed by atoms with Gasteiger partial charge in [-0.25, -0.2) is 18.7 Å². The van der Waals surface area contributed by atoms with Crippen molar-refractivity contribution in [3.63, 3.8) is 0 Å². The number of carboxylic acid groups (broad SMARTS) is 1. The monoisotopic (exact) mass is 823 g/mol. The first kappa shape index (κ1) is 39.9. The van der Waals surface area contributed by atoms with Gasteiger partial charge in [-0.2, -0.15) is 0 Å². The van der Waals surface area contributed by atoms with Crippen LogP contribution in [0.2, 0.25) is 0 Å². The number of aliphatic hydroxyl groups excluding tert-OH is 2. The Morgan fingerprint density at radius 1 is 1.12 bits per heavy atom. The highest BCUT2D eigenvalue weighted by atomic mass is 33.1. The zero-order valence-electron chi connectivity index (χ0n) is 26.6. The van der Waals surface area contributed by atoms with E-state index in [2.05, 4.69) is 26.3 Å². The molecular weight excluding hydrogens is 793 g/mol. The van der Waals surface area contributed by atoms with Gasteiger partial charge in [0.05, 0.1) is 31.9 Å². The van der Waals surface area contributed by atoms with Crippen LogP contribution in [0, 0.1) is 0 Å². The number of nitrogen functional groups attached to an aromatic ring is 1. The summed E-state index contributed by atoms with van der Waals surface area (Å²) in [5, 5.41) is 31.5. The van der Waals surface area contributed by atoms with E-state index >= 15 is 0 Å². The molecule has 0 aliphatic carbocycles. The average Bonchev–Trinajstić information content (AvgIpc) is 3.56. The highest BCUT2D eigenvalue weighted by Crippen LogP contribution is 2.55. The third-order valence-corrected chi connectivity index (χ3v) is 13.4. The highest BCUT2D eigenvalue weighted by molar-refractivity contribution is 8.78. The van der Waals surface area contributed by atoms with Crippen LogP contribution in [0.3, 0.4) is 0 Å². The van der Waals surface area contributed by atoms with Crippen LogP contribution < -0.4 is 11.3 Å². The van der Waals surface area contributed by atoms with Crippen molar-refractivity contribution in [2.75, 3.05) is 37.3 Å². The number of benzene rings is 1. The summed E-state index contributed by atoms with van der Waals surface area (Å²) in [6.07, 6.45) is -1.75. The number of aliphatic carboxylic acids is 1. The quantitative estimate of drug-likeness (QED) is 0.0554. The summed E-state index contributed by atoms with van der Waals surface area (Å²) in [4.78, 5) is 59.9. The number of H-pyrrole nitrogens is 2. The Hall–Kier alpha value is -3.25. The van der Waals surface area contributed by atoms with Crippen LogP contribution in [0.1, 0.15) is 22.7 Å². The van der Waals surface area contributed by atoms with Crippen LogP contribution in [0.15, 0.2) is 45.6 Å². The predicted molar refractivity (Wildman–Crippen MR) is 189 cm³/mol. The maximum atomic E-state index is 13.8. The standard InChI is InChI=1S/C28H31FN5O13PS4/c1-2-3-43-28(41)34-16(24(38)25(39)23(34)15-6-31-22-21(15)32-27(30)33-26(22)40)9-47-48(42)45-7-13-4-17(51-49-10-19(35)36)18(5-14(13)8-46-48)52-50-11-20(37)44-12-29/h2,4-6,16,23-25,31,38-39H,1,3,7-12H2,(H,35,36)(H3,30,32,33,40). The molecule has 2 aliphatic heterocycles. The topological polar surface area (TPSA) is 266 Å². The van der Waals surface area contributed by atoms with Gasteiger partial charge in [0.2, 0.25) is 12.8 Å². The fraction of sp³-hybridized carbons (Fsp3) is 0.393. The molecule has 1 aromatic carbocycles. The minimum Gasteiger partial charge on any atom is -0.481 e. The van der Waals surface area contributed by atoms with Gasteiger partial charge >= 0.3 is 25.9 Å². The van der Waals surface area contributed by atoms with E-state index in [1.807, 2.05) is 0 Å². The number of carbonyl (C=O) groups excluding carboxylic acids is 2. The number of phosphoric acid groups is 1. The summed E-state index contributed by atoms with van der Waals surface area (Å²) < 4.78 is 52.5. The van der Waals surface area contributed by atoms with Crippen LogP contribution in [-0.2, 0) is 50.4 Å². The smallest absolute Gasteiger partial charge is 0.475 e. The molecule has 1 amide bonds. The number of carbonyl (C=O) groups is 3. The molecule has 0 bridgehead atoms. The second-order valence-corrected chi connectivity index (χ2v) is 17.1. The summed E-state index contributed by atoms with van der Waals surface area (Å²) in [7, 11) is -0.0168. The van der Waals surface area contributed by atoms with E-state index in [1.165, 1.54) is 12.3 Å². The Kier molecular flexibility index (Phi) is 13.6. The number of nitrogens with two attached hydrogens (primary N) is 1. The lowest BCUT2D eigenvalue weighted by Crippen LogP contribution is -2.43. The van der Waals surface area contributed by atoms with E-state index in [4.69, 9.17) is 29.1 Å². The largest absolute Gasteiger partial charge is 0.481 e. The van der Waals surface area contributed by atoms with Gasteiger partial charge in [-0.05, 0) is 23.3 Å². The van der Waals surface area contributed by atoms with Crippen molar-refractivity contribution in [1.29, 1.82) is 0 Å². The lowest BCUT2D eigenvalue weighted by Gasteiger charge is -2.30. The molecule has 282 valence electrons. The van der Waals surface area contributed by atoms with Crippen LogP contribution >= 0.6 is 51.0 Å².